The fourth-order valence-electron chi connectivity index (χ4n) is 2.43. The molecule has 0 aliphatic heterocycles. The molecular formula is C17H16N4O2S. The number of aryl methyl sites for hydroxylation is 3. The first-order valence-electron chi connectivity index (χ1n) is 7.42. The molecule has 3 rings (SSSR count). The lowest BCUT2D eigenvalue weighted by molar-refractivity contribution is -0.385. The van der Waals surface area contributed by atoms with Crippen LogP contribution in [0.2, 0.25) is 0 Å². The number of hydrogen-bond donors (Lipinski definition) is 0. The third-order valence-electron chi connectivity index (χ3n) is 3.75. The Hall–Kier alpha value is -2.67. The van der Waals surface area contributed by atoms with Crippen molar-refractivity contribution in [2.45, 2.75) is 27.2 Å². The largest absolute Gasteiger partial charge is 0.272 e. The minimum absolute atomic E-state index is 0.157. The third-order valence-corrected chi connectivity index (χ3v) is 4.60. The minimum Gasteiger partial charge on any atom is -0.258 e. The predicted octanol–water partition coefficient (Wildman–Crippen LogP) is 4.02. The second-order valence-corrected chi connectivity index (χ2v) is 6.65. The summed E-state index contributed by atoms with van der Waals surface area (Å²) in [5.74, 6) is 0.611. The zero-order valence-electron chi connectivity index (χ0n) is 13.6. The molecule has 0 atom stereocenters. The average Bonchev–Trinajstić information content (AvgIpc) is 2.99. The lowest BCUT2D eigenvalue weighted by atomic mass is 10.0. The maximum absolute atomic E-state index is 11.0. The first kappa shape index (κ1) is 16.2. The number of rotatable bonds is 4. The molecule has 0 N–H and O–H groups in total. The molecule has 0 radical (unpaired) electrons. The quantitative estimate of drug-likeness (QED) is 0.529. The monoisotopic (exact) mass is 340 g/mol. The molecule has 0 saturated carbocycles. The van der Waals surface area contributed by atoms with E-state index in [1.54, 1.807) is 36.7 Å². The molecule has 6 nitrogen and oxygen atoms in total. The fourth-order valence-corrected chi connectivity index (χ4v) is 3.23. The summed E-state index contributed by atoms with van der Waals surface area (Å²) in [4.78, 5) is 23.8. The van der Waals surface area contributed by atoms with Crippen molar-refractivity contribution in [1.29, 1.82) is 0 Å². The van der Waals surface area contributed by atoms with Crippen LogP contribution >= 0.6 is 11.3 Å². The Labute approximate surface area is 143 Å². The van der Waals surface area contributed by atoms with Gasteiger partial charge in [-0.25, -0.2) is 15.0 Å². The van der Waals surface area contributed by atoms with Crippen LogP contribution in [-0.2, 0) is 6.42 Å². The van der Waals surface area contributed by atoms with Gasteiger partial charge in [0.2, 0.25) is 0 Å². The Kier molecular flexibility index (Phi) is 4.35. The Morgan fingerprint density at radius 2 is 1.83 bits per heavy atom. The molecule has 24 heavy (non-hydrogen) atoms. The SMILES string of the molecule is Cc1cnc(-c2csc(Cc3cc(C)c([N+](=O)[O-])cc3C)n2)nc1. The van der Waals surface area contributed by atoms with Crippen molar-refractivity contribution in [2.75, 3.05) is 0 Å². The molecule has 0 fully saturated rings. The number of aromatic nitrogens is 3. The first-order valence-corrected chi connectivity index (χ1v) is 8.30. The van der Waals surface area contributed by atoms with Crippen LogP contribution in [-0.4, -0.2) is 19.9 Å². The van der Waals surface area contributed by atoms with E-state index in [0.717, 1.165) is 27.4 Å². The van der Waals surface area contributed by atoms with Crippen molar-refractivity contribution in [3.63, 3.8) is 0 Å². The predicted molar refractivity (Wildman–Crippen MR) is 93.3 cm³/mol. The number of nitro groups is 1. The molecule has 3 aromatic rings. The van der Waals surface area contributed by atoms with Crippen LogP contribution in [0.1, 0.15) is 27.3 Å². The summed E-state index contributed by atoms with van der Waals surface area (Å²) in [6, 6.07) is 3.50. The summed E-state index contributed by atoms with van der Waals surface area (Å²) in [7, 11) is 0. The summed E-state index contributed by atoms with van der Waals surface area (Å²) in [6.45, 7) is 5.59. The first-order chi connectivity index (χ1) is 11.4. The van der Waals surface area contributed by atoms with Gasteiger partial charge in [-0.05, 0) is 43.5 Å². The van der Waals surface area contributed by atoms with Crippen LogP contribution in [0.15, 0.2) is 29.9 Å². The topological polar surface area (TPSA) is 81.8 Å². The highest BCUT2D eigenvalue weighted by Crippen LogP contribution is 2.26. The molecule has 0 aliphatic carbocycles. The molecule has 122 valence electrons. The van der Waals surface area contributed by atoms with Gasteiger partial charge < -0.3 is 0 Å². The zero-order valence-corrected chi connectivity index (χ0v) is 14.4. The summed E-state index contributed by atoms with van der Waals surface area (Å²) in [5.41, 5.74) is 4.53. The molecule has 0 aliphatic rings. The summed E-state index contributed by atoms with van der Waals surface area (Å²) >= 11 is 1.54. The molecular weight excluding hydrogens is 324 g/mol. The number of benzene rings is 1. The van der Waals surface area contributed by atoms with E-state index in [9.17, 15) is 10.1 Å². The van der Waals surface area contributed by atoms with E-state index in [1.165, 1.54) is 0 Å². The number of thiazole rings is 1. The Balaban J connectivity index is 1.86. The van der Waals surface area contributed by atoms with Crippen molar-refractivity contribution < 1.29 is 4.92 Å². The molecule has 0 amide bonds. The second-order valence-electron chi connectivity index (χ2n) is 5.71. The lowest BCUT2D eigenvalue weighted by Gasteiger charge is -2.06. The molecule has 2 aromatic heterocycles. The van der Waals surface area contributed by atoms with Crippen molar-refractivity contribution >= 4 is 17.0 Å². The molecule has 0 spiro atoms. The molecule has 0 unspecified atom stereocenters. The van der Waals surface area contributed by atoms with E-state index in [0.29, 0.717) is 17.8 Å². The zero-order chi connectivity index (χ0) is 17.3. The van der Waals surface area contributed by atoms with Crippen molar-refractivity contribution in [3.05, 3.63) is 67.3 Å². The van der Waals surface area contributed by atoms with Crippen LogP contribution in [0.25, 0.3) is 11.5 Å². The summed E-state index contributed by atoms with van der Waals surface area (Å²) in [6.07, 6.45) is 4.18. The van der Waals surface area contributed by atoms with Crippen molar-refractivity contribution in [2.24, 2.45) is 0 Å². The van der Waals surface area contributed by atoms with Gasteiger partial charge in [-0.2, -0.15) is 0 Å². The van der Waals surface area contributed by atoms with Crippen molar-refractivity contribution in [3.8, 4) is 11.5 Å². The maximum Gasteiger partial charge on any atom is 0.272 e. The highest BCUT2D eigenvalue weighted by molar-refractivity contribution is 7.10. The fraction of sp³-hybridized carbons (Fsp3) is 0.235. The van der Waals surface area contributed by atoms with E-state index in [2.05, 4.69) is 15.0 Å². The van der Waals surface area contributed by atoms with Gasteiger partial charge in [0.1, 0.15) is 5.69 Å². The van der Waals surface area contributed by atoms with Gasteiger partial charge in [-0.1, -0.05) is 0 Å². The number of nitro benzene ring substituents is 1. The minimum atomic E-state index is -0.345. The number of hydrogen-bond acceptors (Lipinski definition) is 6. The van der Waals surface area contributed by atoms with Gasteiger partial charge in [0.05, 0.1) is 9.93 Å². The molecule has 1 aromatic carbocycles. The maximum atomic E-state index is 11.0. The van der Waals surface area contributed by atoms with E-state index < -0.39 is 0 Å². The average molecular weight is 340 g/mol. The van der Waals surface area contributed by atoms with Gasteiger partial charge in [0, 0.05) is 35.8 Å². The smallest absolute Gasteiger partial charge is 0.258 e. The Morgan fingerprint density at radius 1 is 1.12 bits per heavy atom. The van der Waals surface area contributed by atoms with Crippen LogP contribution in [0, 0.1) is 30.9 Å². The molecule has 0 saturated heterocycles. The van der Waals surface area contributed by atoms with E-state index in [4.69, 9.17) is 0 Å². The van der Waals surface area contributed by atoms with Crippen LogP contribution in [0.5, 0.6) is 0 Å². The summed E-state index contributed by atoms with van der Waals surface area (Å²) < 4.78 is 0. The molecule has 0 bridgehead atoms. The van der Waals surface area contributed by atoms with Gasteiger partial charge in [-0.3, -0.25) is 10.1 Å². The highest BCUT2D eigenvalue weighted by atomic mass is 32.1. The van der Waals surface area contributed by atoms with Gasteiger partial charge >= 0.3 is 0 Å². The van der Waals surface area contributed by atoms with E-state index in [1.807, 2.05) is 25.3 Å². The Bertz CT molecular complexity index is 903. The molecule has 7 heteroatoms. The standard InChI is InChI=1S/C17H16N4O2S/c1-10-7-18-17(19-8-10)14-9-24-16(20-14)6-13-4-12(3)15(21(22)23)5-11(13)2/h4-5,7-9H,6H2,1-3H3. The van der Waals surface area contributed by atoms with Crippen LogP contribution in [0.3, 0.4) is 0 Å². The normalized spacial score (nSPS) is 10.8. The van der Waals surface area contributed by atoms with Crippen molar-refractivity contribution in [1.82, 2.24) is 15.0 Å². The third kappa shape index (κ3) is 3.30. The van der Waals surface area contributed by atoms with Gasteiger partial charge in [0.25, 0.3) is 5.69 Å². The van der Waals surface area contributed by atoms with Gasteiger partial charge in [-0.15, -0.1) is 11.3 Å². The van der Waals surface area contributed by atoms with Crippen LogP contribution in [0.4, 0.5) is 5.69 Å². The summed E-state index contributed by atoms with van der Waals surface area (Å²) in [5, 5.41) is 13.9. The lowest BCUT2D eigenvalue weighted by Crippen LogP contribution is -1.98. The van der Waals surface area contributed by atoms with E-state index >= 15 is 0 Å². The van der Waals surface area contributed by atoms with E-state index in [-0.39, 0.29) is 10.6 Å². The van der Waals surface area contributed by atoms with Crippen LogP contribution < -0.4 is 0 Å². The second kappa shape index (κ2) is 6.45. The Morgan fingerprint density at radius 3 is 2.50 bits per heavy atom. The number of nitrogens with zero attached hydrogens (tertiary/aromatic N) is 4. The van der Waals surface area contributed by atoms with Gasteiger partial charge in [0.15, 0.2) is 5.82 Å². The highest BCUT2D eigenvalue weighted by Gasteiger charge is 2.15. The molecule has 2 heterocycles.